The van der Waals surface area contributed by atoms with Crippen molar-refractivity contribution in [1.29, 1.82) is 0 Å². The van der Waals surface area contributed by atoms with E-state index in [0.717, 1.165) is 5.69 Å². The first-order chi connectivity index (χ1) is 5.79. The molecular weight excluding hydrogens is 158 g/mol. The van der Waals surface area contributed by atoms with Crippen molar-refractivity contribution in [2.75, 3.05) is 0 Å². The van der Waals surface area contributed by atoms with Crippen LogP contribution in [0.5, 0.6) is 0 Å². The third-order valence-electron chi connectivity index (χ3n) is 1.54. The summed E-state index contributed by atoms with van der Waals surface area (Å²) in [6, 6.07) is 0. The summed E-state index contributed by atoms with van der Waals surface area (Å²) in [4.78, 5) is 17.7. The van der Waals surface area contributed by atoms with Crippen LogP contribution in [-0.2, 0) is 4.79 Å². The Morgan fingerprint density at radius 2 is 2.33 bits per heavy atom. The van der Waals surface area contributed by atoms with E-state index in [-0.39, 0.29) is 5.71 Å². The number of aryl methyl sites for hydroxylation is 1. The molecule has 12 heavy (non-hydrogen) atoms. The fourth-order valence-corrected chi connectivity index (χ4v) is 0.944. The zero-order valence-electron chi connectivity index (χ0n) is 6.27. The maximum Gasteiger partial charge on any atom is 0.319 e. The van der Waals surface area contributed by atoms with Gasteiger partial charge in [-0.05, 0) is 12.1 Å². The summed E-state index contributed by atoms with van der Waals surface area (Å²) < 4.78 is 0. The van der Waals surface area contributed by atoms with Gasteiger partial charge in [-0.25, -0.2) is 4.98 Å². The molecule has 0 aromatic carbocycles. The van der Waals surface area contributed by atoms with Crippen molar-refractivity contribution in [1.82, 2.24) is 9.97 Å². The van der Waals surface area contributed by atoms with Crippen molar-refractivity contribution in [2.45, 2.75) is 6.92 Å². The highest BCUT2D eigenvalue weighted by Crippen LogP contribution is 2.08. The molecule has 0 atom stereocenters. The molecule has 0 saturated carbocycles. The molecule has 1 aromatic heterocycles. The Morgan fingerprint density at radius 3 is 2.83 bits per heavy atom. The largest absolute Gasteiger partial charge is 0.348 e. The lowest BCUT2D eigenvalue weighted by Gasteiger charge is -1.90. The first-order valence-electron chi connectivity index (χ1n) is 3.32. The van der Waals surface area contributed by atoms with Crippen molar-refractivity contribution in [2.24, 2.45) is 15.4 Å². The van der Waals surface area contributed by atoms with Crippen LogP contribution in [0.25, 0.3) is 0 Å². The molecule has 2 heterocycles. The normalized spacial score (nSPS) is 15.4. The van der Waals surface area contributed by atoms with Gasteiger partial charge in [-0.15, -0.1) is 5.10 Å². The summed E-state index contributed by atoms with van der Waals surface area (Å²) in [5.41, 5.74) is 1.51. The second-order valence-electron chi connectivity index (χ2n) is 2.32. The zero-order valence-corrected chi connectivity index (χ0v) is 6.27. The number of amides is 1. The number of imidazole rings is 1. The molecule has 1 aliphatic rings. The molecule has 60 valence electrons. The molecule has 1 N–H and O–H groups in total. The summed E-state index contributed by atoms with van der Waals surface area (Å²) in [6.07, 6.45) is 1.50. The minimum absolute atomic E-state index is 0.203. The second kappa shape index (κ2) is 2.33. The maximum atomic E-state index is 11.0. The van der Waals surface area contributed by atoms with Crippen molar-refractivity contribution < 1.29 is 4.79 Å². The highest BCUT2D eigenvalue weighted by atomic mass is 16.2. The number of nitrogens with one attached hydrogen (secondary N) is 1. The minimum atomic E-state index is -0.440. The van der Waals surface area contributed by atoms with Crippen LogP contribution in [0.15, 0.2) is 21.8 Å². The summed E-state index contributed by atoms with van der Waals surface area (Å²) >= 11 is 0. The lowest BCUT2D eigenvalue weighted by Crippen LogP contribution is -2.10. The molecular formula is C6H5N5O. The predicted molar refractivity (Wildman–Crippen MR) is 39.7 cm³/mol. The maximum absolute atomic E-state index is 11.0. The molecule has 0 aliphatic carbocycles. The Kier molecular flexibility index (Phi) is 1.33. The van der Waals surface area contributed by atoms with Crippen LogP contribution in [0.4, 0.5) is 0 Å². The highest BCUT2D eigenvalue weighted by Gasteiger charge is 2.21. The van der Waals surface area contributed by atoms with Crippen LogP contribution in [0.2, 0.25) is 0 Å². The zero-order chi connectivity index (χ0) is 8.55. The molecule has 1 amide bonds. The van der Waals surface area contributed by atoms with E-state index < -0.39 is 5.91 Å². The molecule has 2 rings (SSSR count). The summed E-state index contributed by atoms with van der Waals surface area (Å²) in [5.74, 6) is -0.440. The van der Waals surface area contributed by atoms with Crippen molar-refractivity contribution >= 4 is 11.6 Å². The third-order valence-corrected chi connectivity index (χ3v) is 1.54. The topological polar surface area (TPSA) is 82.8 Å². The summed E-state index contributed by atoms with van der Waals surface area (Å²) in [7, 11) is 0. The molecule has 6 nitrogen and oxygen atoms in total. The summed E-state index contributed by atoms with van der Waals surface area (Å²) in [5, 5.41) is 10.1. The van der Waals surface area contributed by atoms with Gasteiger partial charge in [0.2, 0.25) is 0 Å². The van der Waals surface area contributed by atoms with Crippen molar-refractivity contribution in [3.63, 3.8) is 0 Å². The van der Waals surface area contributed by atoms with Gasteiger partial charge in [-0.1, -0.05) is 5.11 Å². The van der Waals surface area contributed by atoms with Gasteiger partial charge in [-0.2, -0.15) is 0 Å². The average molecular weight is 163 g/mol. The van der Waals surface area contributed by atoms with Gasteiger partial charge in [0.05, 0.1) is 6.33 Å². The number of hydrogen-bond acceptors (Lipinski definition) is 4. The van der Waals surface area contributed by atoms with E-state index in [1.165, 1.54) is 6.33 Å². The number of carbonyl (C=O) groups excluding carboxylic acids is 1. The molecule has 0 spiro atoms. The Bertz CT molecular complexity index is 388. The smallest absolute Gasteiger partial charge is 0.319 e. The van der Waals surface area contributed by atoms with E-state index in [1.807, 2.05) is 0 Å². The molecule has 0 saturated heterocycles. The quantitative estimate of drug-likeness (QED) is 0.650. The average Bonchev–Trinajstić information content (AvgIpc) is 2.59. The van der Waals surface area contributed by atoms with E-state index in [4.69, 9.17) is 0 Å². The van der Waals surface area contributed by atoms with Gasteiger partial charge in [0.25, 0.3) is 0 Å². The van der Waals surface area contributed by atoms with E-state index in [9.17, 15) is 4.79 Å². The number of H-pyrrole nitrogens is 1. The van der Waals surface area contributed by atoms with E-state index >= 15 is 0 Å². The fraction of sp³-hybridized carbons (Fsp3) is 0.167. The number of rotatable bonds is 1. The number of aromatic amines is 1. The molecule has 0 radical (unpaired) electrons. The molecule has 0 fully saturated rings. The van der Waals surface area contributed by atoms with Gasteiger partial charge in [0.1, 0.15) is 5.69 Å². The number of nitrogens with zero attached hydrogens (tertiary/aromatic N) is 4. The summed E-state index contributed by atoms with van der Waals surface area (Å²) in [6.45, 7) is 1.80. The monoisotopic (exact) mass is 163 g/mol. The van der Waals surface area contributed by atoms with Gasteiger partial charge in [-0.3, -0.25) is 4.79 Å². The van der Waals surface area contributed by atoms with E-state index in [0.29, 0.717) is 5.69 Å². The first-order valence-corrected chi connectivity index (χ1v) is 3.32. The van der Waals surface area contributed by atoms with Crippen LogP contribution >= 0.6 is 0 Å². The standard InChI is InChI=1S/C6H5N5O/c1-3-4(8-2-7-3)5-6(12)10-11-9-5/h2H,1H3,(H,7,8). The van der Waals surface area contributed by atoms with Crippen LogP contribution in [-0.4, -0.2) is 21.6 Å². The highest BCUT2D eigenvalue weighted by molar-refractivity contribution is 6.46. The van der Waals surface area contributed by atoms with Gasteiger partial charge in [0, 0.05) is 5.69 Å². The second-order valence-corrected chi connectivity index (χ2v) is 2.32. The fourth-order valence-electron chi connectivity index (χ4n) is 0.944. The van der Waals surface area contributed by atoms with Gasteiger partial charge >= 0.3 is 5.91 Å². The van der Waals surface area contributed by atoms with Gasteiger partial charge < -0.3 is 4.98 Å². The Morgan fingerprint density at radius 1 is 1.50 bits per heavy atom. The van der Waals surface area contributed by atoms with Crippen LogP contribution in [0.1, 0.15) is 11.4 Å². The van der Waals surface area contributed by atoms with Crippen LogP contribution in [0, 0.1) is 6.92 Å². The van der Waals surface area contributed by atoms with Crippen LogP contribution in [0.3, 0.4) is 0 Å². The molecule has 1 aliphatic heterocycles. The van der Waals surface area contributed by atoms with E-state index in [1.54, 1.807) is 6.92 Å². The van der Waals surface area contributed by atoms with Crippen molar-refractivity contribution in [3.05, 3.63) is 17.7 Å². The van der Waals surface area contributed by atoms with E-state index in [2.05, 4.69) is 25.4 Å². The Balaban J connectivity index is 2.46. The van der Waals surface area contributed by atoms with Crippen molar-refractivity contribution in [3.8, 4) is 0 Å². The Hall–Kier alpha value is -1.85. The van der Waals surface area contributed by atoms with Crippen LogP contribution < -0.4 is 0 Å². The molecule has 0 bridgehead atoms. The lowest BCUT2D eigenvalue weighted by atomic mass is 10.2. The SMILES string of the molecule is Cc1[nH]cnc1C1=NN=NC1=O. The number of hydrogen-bond donors (Lipinski definition) is 1. The number of aromatic nitrogens is 2. The first kappa shape index (κ1) is 6.84. The molecule has 0 unspecified atom stereocenters. The predicted octanol–water partition coefficient (Wildman–Crippen LogP) is 0.415. The third kappa shape index (κ3) is 0.849. The minimum Gasteiger partial charge on any atom is -0.348 e. The Labute approximate surface area is 67.4 Å². The molecule has 6 heteroatoms. The van der Waals surface area contributed by atoms with Gasteiger partial charge in [0.15, 0.2) is 5.71 Å². The lowest BCUT2D eigenvalue weighted by molar-refractivity contribution is -0.111. The molecule has 1 aromatic rings. The number of carbonyl (C=O) groups is 1.